The maximum atomic E-state index is 11.3. The van der Waals surface area contributed by atoms with Crippen LogP contribution in [-0.2, 0) is 9.53 Å². The summed E-state index contributed by atoms with van der Waals surface area (Å²) in [6, 6.07) is 0. The summed E-state index contributed by atoms with van der Waals surface area (Å²) in [5, 5.41) is 0. The third-order valence-electron chi connectivity index (χ3n) is 2.49. The Morgan fingerprint density at radius 3 is 2.42 bits per heavy atom. The van der Waals surface area contributed by atoms with Crippen molar-refractivity contribution in [2.75, 3.05) is 6.61 Å². The van der Waals surface area contributed by atoms with Crippen molar-refractivity contribution in [1.82, 2.24) is 0 Å². The van der Waals surface area contributed by atoms with Gasteiger partial charge in [-0.2, -0.15) is 0 Å². The van der Waals surface area contributed by atoms with Crippen molar-refractivity contribution in [2.45, 2.75) is 38.5 Å². The number of rotatable bonds is 3. The van der Waals surface area contributed by atoms with E-state index in [1.54, 1.807) is 0 Å². The number of esters is 1. The van der Waals surface area contributed by atoms with Gasteiger partial charge in [-0.3, -0.25) is 4.79 Å². The highest BCUT2D eigenvalue weighted by Gasteiger charge is 2.51. The second-order valence-electron chi connectivity index (χ2n) is 4.57. The molecular formula is C9H18O2Si. The maximum Gasteiger partial charge on any atom is 0.308 e. The van der Waals surface area contributed by atoms with Gasteiger partial charge in [-0.1, -0.05) is 19.6 Å². The summed E-state index contributed by atoms with van der Waals surface area (Å²) in [4.78, 5) is 11.3. The van der Waals surface area contributed by atoms with Crippen LogP contribution >= 0.6 is 0 Å². The van der Waals surface area contributed by atoms with E-state index in [0.29, 0.717) is 12.1 Å². The third kappa shape index (κ3) is 2.09. The molecule has 1 aliphatic rings. The number of hydrogen-bond acceptors (Lipinski definition) is 2. The van der Waals surface area contributed by atoms with Gasteiger partial charge in [0.1, 0.15) is 0 Å². The van der Waals surface area contributed by atoms with E-state index in [0.717, 1.165) is 6.42 Å². The van der Waals surface area contributed by atoms with Crippen LogP contribution in [0.4, 0.5) is 0 Å². The molecule has 1 aliphatic carbocycles. The zero-order chi connectivity index (χ0) is 9.35. The van der Waals surface area contributed by atoms with Crippen molar-refractivity contribution in [2.24, 2.45) is 5.92 Å². The van der Waals surface area contributed by atoms with Gasteiger partial charge in [0.05, 0.1) is 12.5 Å². The summed E-state index contributed by atoms with van der Waals surface area (Å²) < 4.78 is 4.97. The number of hydrogen-bond donors (Lipinski definition) is 0. The van der Waals surface area contributed by atoms with Crippen LogP contribution in [0, 0.1) is 5.92 Å². The fraction of sp³-hybridized carbons (Fsp3) is 0.889. The molecule has 1 rings (SSSR count). The first-order valence-electron chi connectivity index (χ1n) is 4.63. The quantitative estimate of drug-likeness (QED) is 0.499. The second-order valence-corrected chi connectivity index (χ2v) is 10.0. The highest BCUT2D eigenvalue weighted by molar-refractivity contribution is 6.78. The molecule has 0 aromatic rings. The average Bonchev–Trinajstić information content (AvgIpc) is 2.62. The first-order chi connectivity index (χ1) is 5.46. The Balaban J connectivity index is 2.37. The Kier molecular flexibility index (Phi) is 2.61. The highest BCUT2D eigenvalue weighted by Crippen LogP contribution is 2.52. The molecule has 0 unspecified atom stereocenters. The van der Waals surface area contributed by atoms with E-state index in [4.69, 9.17) is 4.74 Å². The minimum absolute atomic E-state index is 0.0323. The molecule has 1 saturated carbocycles. The fourth-order valence-electron chi connectivity index (χ4n) is 1.66. The Labute approximate surface area is 75.3 Å². The molecule has 2 nitrogen and oxygen atoms in total. The lowest BCUT2D eigenvalue weighted by Gasteiger charge is -2.14. The van der Waals surface area contributed by atoms with Crippen molar-refractivity contribution in [3.05, 3.63) is 0 Å². The lowest BCUT2D eigenvalue weighted by Crippen LogP contribution is -2.22. The van der Waals surface area contributed by atoms with Crippen LogP contribution in [0.3, 0.4) is 0 Å². The van der Waals surface area contributed by atoms with Crippen LogP contribution in [-0.4, -0.2) is 20.7 Å². The van der Waals surface area contributed by atoms with Crippen molar-refractivity contribution >= 4 is 14.0 Å². The predicted octanol–water partition coefficient (Wildman–Crippen LogP) is 2.28. The first-order valence-corrected chi connectivity index (χ1v) is 8.21. The van der Waals surface area contributed by atoms with Crippen LogP contribution in [0.2, 0.25) is 25.2 Å². The Morgan fingerprint density at radius 1 is 1.50 bits per heavy atom. The van der Waals surface area contributed by atoms with E-state index >= 15 is 0 Å². The van der Waals surface area contributed by atoms with E-state index in [2.05, 4.69) is 19.6 Å². The van der Waals surface area contributed by atoms with E-state index in [-0.39, 0.29) is 11.9 Å². The third-order valence-corrected chi connectivity index (χ3v) is 5.35. The van der Waals surface area contributed by atoms with Gasteiger partial charge >= 0.3 is 5.97 Å². The zero-order valence-electron chi connectivity index (χ0n) is 8.39. The van der Waals surface area contributed by atoms with E-state index in [1.807, 2.05) is 6.92 Å². The van der Waals surface area contributed by atoms with Gasteiger partial charge in [0.2, 0.25) is 0 Å². The topological polar surface area (TPSA) is 26.3 Å². The van der Waals surface area contributed by atoms with Gasteiger partial charge in [0.25, 0.3) is 0 Å². The standard InChI is InChI=1S/C9H18O2Si/c1-5-11-9(10)7-6-8(7)12(2,3)4/h7-8H,5-6H2,1-4H3/t7-,8+/m1/s1. The van der Waals surface area contributed by atoms with Gasteiger partial charge in [-0.15, -0.1) is 0 Å². The van der Waals surface area contributed by atoms with Crippen LogP contribution in [0.5, 0.6) is 0 Å². The maximum absolute atomic E-state index is 11.3. The number of ether oxygens (including phenoxy) is 1. The Bertz CT molecular complexity index is 183. The second kappa shape index (κ2) is 3.21. The molecular weight excluding hydrogens is 168 g/mol. The van der Waals surface area contributed by atoms with Gasteiger partial charge in [-0.25, -0.2) is 0 Å². The molecule has 0 aliphatic heterocycles. The zero-order valence-corrected chi connectivity index (χ0v) is 9.39. The molecule has 0 saturated heterocycles. The molecule has 0 radical (unpaired) electrons. The molecule has 0 aromatic heterocycles. The predicted molar refractivity (Wildman–Crippen MR) is 51.8 cm³/mol. The van der Waals surface area contributed by atoms with Crippen LogP contribution in [0.25, 0.3) is 0 Å². The Morgan fingerprint density at radius 2 is 2.08 bits per heavy atom. The summed E-state index contributed by atoms with van der Waals surface area (Å²) in [5.41, 5.74) is 0.677. The summed E-state index contributed by atoms with van der Waals surface area (Å²) >= 11 is 0. The van der Waals surface area contributed by atoms with Crippen molar-refractivity contribution in [1.29, 1.82) is 0 Å². The Hall–Kier alpha value is -0.313. The molecule has 0 amide bonds. The molecule has 0 N–H and O–H groups in total. The molecule has 0 aromatic carbocycles. The monoisotopic (exact) mass is 186 g/mol. The first kappa shape index (κ1) is 9.77. The van der Waals surface area contributed by atoms with Crippen molar-refractivity contribution < 1.29 is 9.53 Å². The summed E-state index contributed by atoms with van der Waals surface area (Å²) in [6.07, 6.45) is 1.08. The van der Waals surface area contributed by atoms with E-state index in [9.17, 15) is 4.79 Å². The van der Waals surface area contributed by atoms with Gasteiger partial charge in [0, 0.05) is 8.07 Å². The largest absolute Gasteiger partial charge is 0.466 e. The SMILES string of the molecule is CCOC(=O)[C@@H]1C[C@@H]1[Si](C)(C)C. The molecule has 0 heterocycles. The van der Waals surface area contributed by atoms with Crippen molar-refractivity contribution in [3.63, 3.8) is 0 Å². The molecule has 70 valence electrons. The van der Waals surface area contributed by atoms with E-state index < -0.39 is 8.07 Å². The van der Waals surface area contributed by atoms with Crippen LogP contribution in [0.1, 0.15) is 13.3 Å². The lowest BCUT2D eigenvalue weighted by atomic mass is 10.4. The summed E-state index contributed by atoms with van der Waals surface area (Å²) in [5.74, 6) is 0.279. The fourth-order valence-corrected chi connectivity index (χ4v) is 3.97. The minimum atomic E-state index is -1.08. The number of carbonyl (C=O) groups excluding carboxylic acids is 1. The van der Waals surface area contributed by atoms with Gasteiger partial charge in [0.15, 0.2) is 0 Å². The van der Waals surface area contributed by atoms with Gasteiger partial charge in [-0.05, 0) is 18.9 Å². The minimum Gasteiger partial charge on any atom is -0.466 e. The smallest absolute Gasteiger partial charge is 0.308 e. The van der Waals surface area contributed by atoms with Crippen LogP contribution in [0.15, 0.2) is 0 Å². The summed E-state index contributed by atoms with van der Waals surface area (Å²) in [7, 11) is -1.08. The highest BCUT2D eigenvalue weighted by atomic mass is 28.3. The molecule has 0 spiro atoms. The number of carbonyl (C=O) groups is 1. The van der Waals surface area contributed by atoms with Crippen molar-refractivity contribution in [3.8, 4) is 0 Å². The lowest BCUT2D eigenvalue weighted by molar-refractivity contribution is -0.144. The molecule has 1 fully saturated rings. The van der Waals surface area contributed by atoms with Gasteiger partial charge < -0.3 is 4.74 Å². The summed E-state index contributed by atoms with van der Waals surface area (Å²) in [6.45, 7) is 9.34. The van der Waals surface area contributed by atoms with E-state index in [1.165, 1.54) is 0 Å². The molecule has 12 heavy (non-hydrogen) atoms. The normalized spacial score (nSPS) is 28.3. The van der Waals surface area contributed by atoms with Crippen LogP contribution < -0.4 is 0 Å². The average molecular weight is 186 g/mol. The molecule has 0 bridgehead atoms. The molecule has 2 atom stereocenters. The molecule has 3 heteroatoms.